The van der Waals surface area contributed by atoms with Gasteiger partial charge in [-0.2, -0.15) is 21.6 Å². The zero-order valence-corrected chi connectivity index (χ0v) is 84.5. The van der Waals surface area contributed by atoms with Crippen molar-refractivity contribution in [2.45, 2.75) is 244 Å². The number of carboxylic acid groups (broad SMARTS) is 1. The summed E-state index contributed by atoms with van der Waals surface area (Å²) in [5, 5.41) is 15.9. The van der Waals surface area contributed by atoms with Gasteiger partial charge < -0.3 is 38.2 Å². The van der Waals surface area contributed by atoms with Crippen LogP contribution in [0.2, 0.25) is 0 Å². The summed E-state index contributed by atoms with van der Waals surface area (Å²) in [5.41, 5.74) is -0.653. The van der Waals surface area contributed by atoms with Gasteiger partial charge in [0.2, 0.25) is 5.88 Å². The van der Waals surface area contributed by atoms with Crippen LogP contribution < -0.4 is 45.4 Å². The van der Waals surface area contributed by atoms with Crippen LogP contribution in [0.5, 0.6) is 0 Å². The fourth-order valence-corrected chi connectivity index (χ4v) is 14.9. The summed E-state index contributed by atoms with van der Waals surface area (Å²) in [4.78, 5) is 99.3. The number of thiazole rings is 4. The van der Waals surface area contributed by atoms with Crippen LogP contribution in [0.3, 0.4) is 0 Å². The number of allylic oxidation sites excluding steroid dienone is 2. The molecule has 0 bridgehead atoms. The molecule has 3 aliphatic rings. The Morgan fingerprint density at radius 2 is 0.967 bits per heavy atom. The van der Waals surface area contributed by atoms with Crippen molar-refractivity contribution < 1.29 is 118 Å². The first-order chi connectivity index (χ1) is 55.3. The average Bonchev–Trinajstić information content (AvgIpc) is 1.61. The van der Waals surface area contributed by atoms with E-state index in [1.807, 2.05) is 46.0 Å². The standard InChI is InChI=1S/C23H33N3O2S.C18H27BN2O2S.C12H15BrN2S.C12H18F3NO5S.C8H4BrNOS.C4H11N.C4H6O4.C2H4O2.B.Na/c1-15(2)25(7)14-21-24-18-12-17(9-11-20(18)29-21)19-10-8-16(3)13-26(19)22(27)28-23(4,5)6;1-12(2)21(7)11-16-20-14-10-13(8-9-15(14)24-16)19-22-17(3,4)18(5,6)23-19;1-8(2)15(3)7-12-14-10-6-9(13)4-5-11(10)16-12;1-8-5-6-9(21-22(18,19)12(13,14)15)16(7-8)10(17)20-11(2,3)4;9-5-1-2-7-6(3-5)10-8(4-11)12-7;1-4(2)5-3;1-3(5)7-8-4(2)6;1-2(3)4;;/h9-12,15-16H,8,13-14H2,1-7H3;8-10,12H,11H2,1-7H3;4-6,8H,7H2,1-3H3;6,8H,5,7H2,1-4H3;1-4H;4-5H,1-3H3;1-2H3;1H3,(H,3,4);;/q;;;;;;;;;+1/p-1/t16-;;;8-;;;;;;/m0..0....../s1. The summed E-state index contributed by atoms with van der Waals surface area (Å²) in [5.74, 6) is -2.72. The molecule has 3 radical (unpaired) electrons. The van der Waals surface area contributed by atoms with Gasteiger partial charge in [0.1, 0.15) is 26.2 Å². The molecule has 4 aromatic heterocycles. The molecule has 122 heavy (non-hydrogen) atoms. The van der Waals surface area contributed by atoms with Crippen LogP contribution >= 0.6 is 77.2 Å². The number of fused-ring (bicyclic) bond motifs is 4. The van der Waals surface area contributed by atoms with Crippen molar-refractivity contribution in [1.29, 1.82) is 0 Å². The molecule has 0 unspecified atom stereocenters. The SMILES string of the molecule is CC(=O)OOC(C)=O.CC(=O)[O-].CC(C)N(C)Cc1nc2cc(B3OC(C)(C)C(C)(C)O3)ccc2s1.CC(C)N(C)Cc1nc2cc(Br)ccc2s1.CC(C)N(C)Cc1nc2cc(C3=CC[C@H](C)CN3C(=O)OC(C)(C)C)ccc2s1.CNC(C)C.C[C@H]1CC=C(OS(=O)(=O)C(F)(F)F)N(C(=O)OC(C)(C)C)C1.O=Cc1nc2cc(Br)ccc2s1.[B].[Na+]. The number of aromatic nitrogens is 4. The Bertz CT molecular complexity index is 4890. The van der Waals surface area contributed by atoms with Crippen LogP contribution in [0.25, 0.3) is 46.6 Å². The summed E-state index contributed by atoms with van der Waals surface area (Å²) < 4.78 is 93.2. The van der Waals surface area contributed by atoms with Crippen LogP contribution in [0.15, 0.2) is 99.8 Å². The molecule has 0 spiro atoms. The number of ether oxygens (including phenoxy) is 2. The number of alkyl halides is 3. The number of hydrogen-bond acceptors (Lipinski definition) is 28. The van der Waals surface area contributed by atoms with Gasteiger partial charge in [-0.1, -0.05) is 77.8 Å². The number of rotatable bonds is 15. The van der Waals surface area contributed by atoms with Gasteiger partial charge in [0.25, 0.3) is 0 Å². The molecule has 667 valence electrons. The molecule has 2 amide bonds. The molecule has 11 rings (SSSR count). The van der Waals surface area contributed by atoms with E-state index in [0.717, 1.165) is 127 Å². The molecule has 8 aromatic rings. The van der Waals surface area contributed by atoms with Crippen LogP contribution in [-0.4, -0.2) is 198 Å². The fourth-order valence-electron chi connectivity index (χ4n) is 9.96. The average molecular weight is 1930 g/mol. The maximum atomic E-state index is 12.8. The topological polar surface area (TPSA) is 304 Å². The molecule has 0 aliphatic carbocycles. The van der Waals surface area contributed by atoms with Crippen molar-refractivity contribution in [3.05, 3.63) is 125 Å². The van der Waals surface area contributed by atoms with E-state index in [4.69, 9.17) is 38.7 Å². The number of nitrogens with one attached hydrogen (secondary N) is 1. The van der Waals surface area contributed by atoms with Crippen LogP contribution in [0.1, 0.15) is 202 Å². The first-order valence-corrected chi connectivity index (χ1v) is 45.0. The molecule has 2 atom stereocenters. The van der Waals surface area contributed by atoms with Gasteiger partial charge in [-0.15, -0.1) is 45.3 Å². The van der Waals surface area contributed by atoms with E-state index in [1.165, 1.54) is 30.4 Å². The molecule has 1 fully saturated rings. The minimum atomic E-state index is -5.84. The molecule has 1 N–H and O–H groups in total. The summed E-state index contributed by atoms with van der Waals surface area (Å²) in [6.07, 6.45) is 4.03. The van der Waals surface area contributed by atoms with Gasteiger partial charge >= 0.3 is 76.4 Å². The van der Waals surface area contributed by atoms with Gasteiger partial charge in [-0.05, 0) is 243 Å². The Labute approximate surface area is 774 Å². The second-order valence-electron chi connectivity index (χ2n) is 32.8. The van der Waals surface area contributed by atoms with Crippen molar-refractivity contribution in [1.82, 2.24) is 49.8 Å². The predicted molar refractivity (Wildman–Crippen MR) is 485 cm³/mol. The fraction of sp³-hybridized carbons (Fsp3) is 0.542. The van der Waals surface area contributed by atoms with E-state index < -0.39 is 56.7 Å². The van der Waals surface area contributed by atoms with E-state index >= 15 is 0 Å². The predicted octanol–water partition coefficient (Wildman–Crippen LogP) is 15.0. The van der Waals surface area contributed by atoms with E-state index in [9.17, 15) is 45.6 Å². The summed E-state index contributed by atoms with van der Waals surface area (Å²) >= 11 is 13.5. The first kappa shape index (κ1) is 112. The monoisotopic (exact) mass is 1930 g/mol. The number of carbonyl (C=O) groups is 6. The summed E-state index contributed by atoms with van der Waals surface area (Å²) in [7, 11) is 2.16. The van der Waals surface area contributed by atoms with Crippen molar-refractivity contribution in [3.8, 4) is 0 Å². The second kappa shape index (κ2) is 49.9. The molecule has 7 heterocycles. The third kappa shape index (κ3) is 37.8. The molecule has 3 aliphatic heterocycles. The van der Waals surface area contributed by atoms with Gasteiger partial charge in [0, 0.05) is 80.0 Å². The van der Waals surface area contributed by atoms with Gasteiger partial charge in [-0.3, -0.25) is 24.4 Å². The Balaban J connectivity index is 0.000000499. The van der Waals surface area contributed by atoms with Crippen molar-refractivity contribution in [2.24, 2.45) is 11.8 Å². The minimum absolute atomic E-state index is 0. The molecule has 4 aromatic carbocycles. The summed E-state index contributed by atoms with van der Waals surface area (Å²) in [6, 6.07) is 26.9. The number of halogens is 5. The summed E-state index contributed by atoms with van der Waals surface area (Å²) in [6.45, 7) is 46.6. The molecule has 26 nitrogen and oxygen atoms in total. The largest absolute Gasteiger partial charge is 1.00 e. The number of benzene rings is 4. The number of carboxylic acids is 1. The van der Waals surface area contributed by atoms with Crippen molar-refractivity contribution in [3.63, 3.8) is 0 Å². The molecular formula is C83H117B2Br2F3N10NaO16S5. The van der Waals surface area contributed by atoms with E-state index in [2.05, 4.69) is 248 Å². The van der Waals surface area contributed by atoms with Gasteiger partial charge in [0.05, 0.1) is 77.4 Å². The third-order valence-corrected chi connectivity index (χ3v) is 23.9. The van der Waals surface area contributed by atoms with Gasteiger partial charge in [-0.25, -0.2) is 53.8 Å². The Morgan fingerprint density at radius 1 is 0.615 bits per heavy atom. The van der Waals surface area contributed by atoms with Crippen molar-refractivity contribution in [2.75, 3.05) is 41.3 Å². The smallest absolute Gasteiger partial charge is 0.550 e. The van der Waals surface area contributed by atoms with Crippen LogP contribution in [0.4, 0.5) is 22.8 Å². The first-order valence-electron chi connectivity index (χ1n) is 38.8. The van der Waals surface area contributed by atoms with E-state index in [1.54, 1.807) is 66.6 Å². The Kier molecular flexibility index (Phi) is 45.8. The van der Waals surface area contributed by atoms with E-state index in [-0.39, 0.29) is 81.3 Å². The number of nitrogens with zero attached hydrogens (tertiary/aromatic N) is 9. The zero-order valence-electron chi connectivity index (χ0n) is 75.2. The number of amides is 2. The molecule has 39 heteroatoms. The van der Waals surface area contributed by atoms with Crippen molar-refractivity contribution >= 4 is 191 Å². The number of aliphatic carboxylic acids is 1. The number of hydrogen-bond donors (Lipinski definition) is 1. The Hall–Kier alpha value is -6.07. The number of carbonyl (C=O) groups excluding carboxylic acids is 6. The van der Waals surface area contributed by atoms with E-state index in [0.29, 0.717) is 41.6 Å². The minimum Gasteiger partial charge on any atom is -0.550 e. The van der Waals surface area contributed by atoms with Crippen LogP contribution in [-0.2, 0) is 76.9 Å². The normalized spacial score (nSPS) is 15.5. The second-order valence-corrected chi connectivity index (χ2v) is 40.6. The Morgan fingerprint density at radius 3 is 1.34 bits per heavy atom. The van der Waals surface area contributed by atoms with Gasteiger partial charge in [0.15, 0.2) is 11.3 Å². The molecule has 1 saturated heterocycles. The number of aldehydes is 1. The quantitative estimate of drug-likeness (QED) is 0.0249. The molecule has 0 saturated carbocycles. The molecular weight excluding hydrogens is 1810 g/mol. The third-order valence-electron chi connectivity index (χ3n) is 17.9. The van der Waals surface area contributed by atoms with Crippen LogP contribution in [0, 0.1) is 11.8 Å². The zero-order chi connectivity index (χ0) is 91.1. The maximum absolute atomic E-state index is 12.8. The maximum Gasteiger partial charge on any atom is 1.00 e.